The Morgan fingerprint density at radius 1 is 1.40 bits per heavy atom. The summed E-state index contributed by atoms with van der Waals surface area (Å²) >= 11 is 0. The first-order chi connectivity index (χ1) is 9.26. The van der Waals surface area contributed by atoms with Crippen molar-refractivity contribution in [3.05, 3.63) is 12.4 Å². The second-order valence-electron chi connectivity index (χ2n) is 5.48. The predicted molar refractivity (Wildman–Crippen MR) is 75.3 cm³/mol. The molecule has 0 saturated carbocycles. The van der Waals surface area contributed by atoms with Crippen molar-refractivity contribution in [3.8, 4) is 0 Å². The molecule has 0 bridgehead atoms. The first kappa shape index (κ1) is 16.0. The molecule has 1 aromatic rings. The highest BCUT2D eigenvalue weighted by atomic mass is 16.6. The highest BCUT2D eigenvalue weighted by Gasteiger charge is 2.15. The van der Waals surface area contributed by atoms with Gasteiger partial charge in [-0.3, -0.25) is 9.48 Å². The van der Waals surface area contributed by atoms with Gasteiger partial charge < -0.3 is 15.4 Å². The van der Waals surface area contributed by atoms with Crippen LogP contribution < -0.4 is 10.6 Å². The maximum atomic E-state index is 11.6. The molecule has 0 fully saturated rings. The average molecular weight is 282 g/mol. The van der Waals surface area contributed by atoms with Crippen LogP contribution in [0.5, 0.6) is 0 Å². The van der Waals surface area contributed by atoms with E-state index < -0.39 is 11.7 Å². The van der Waals surface area contributed by atoms with E-state index in [2.05, 4.69) is 15.7 Å². The van der Waals surface area contributed by atoms with E-state index in [9.17, 15) is 9.59 Å². The number of rotatable bonds is 5. The van der Waals surface area contributed by atoms with Crippen molar-refractivity contribution in [1.82, 2.24) is 15.1 Å². The summed E-state index contributed by atoms with van der Waals surface area (Å²) < 4.78 is 6.69. The molecular weight excluding hydrogens is 260 g/mol. The Morgan fingerprint density at radius 2 is 2.10 bits per heavy atom. The highest BCUT2D eigenvalue weighted by molar-refractivity contribution is 5.90. The van der Waals surface area contributed by atoms with Crippen molar-refractivity contribution >= 4 is 17.7 Å². The highest BCUT2D eigenvalue weighted by Crippen LogP contribution is 2.07. The molecule has 0 radical (unpaired) electrons. The second-order valence-corrected chi connectivity index (χ2v) is 5.48. The van der Waals surface area contributed by atoms with Crippen LogP contribution in [0.3, 0.4) is 0 Å². The van der Waals surface area contributed by atoms with Gasteiger partial charge in [0, 0.05) is 26.2 Å². The molecule has 1 heterocycles. The third-order valence-corrected chi connectivity index (χ3v) is 2.24. The van der Waals surface area contributed by atoms with Crippen LogP contribution in [-0.2, 0) is 16.6 Å². The van der Waals surface area contributed by atoms with Crippen molar-refractivity contribution in [1.29, 1.82) is 0 Å². The SMILES string of the molecule is Cn1cc(NC(=O)CCCNC(=O)OC(C)(C)C)cn1. The molecular formula is C13H22N4O3. The molecule has 112 valence electrons. The van der Waals surface area contributed by atoms with E-state index in [4.69, 9.17) is 4.74 Å². The van der Waals surface area contributed by atoms with Crippen molar-refractivity contribution in [2.75, 3.05) is 11.9 Å². The summed E-state index contributed by atoms with van der Waals surface area (Å²) in [6.07, 6.45) is 3.70. The molecule has 0 aliphatic heterocycles. The van der Waals surface area contributed by atoms with Crippen LogP contribution in [0.4, 0.5) is 10.5 Å². The van der Waals surface area contributed by atoms with Crippen LogP contribution in [0.15, 0.2) is 12.4 Å². The first-order valence-corrected chi connectivity index (χ1v) is 6.51. The standard InChI is InChI=1S/C13H22N4O3/c1-13(2,3)20-12(19)14-7-5-6-11(18)16-10-8-15-17(4)9-10/h8-9H,5-7H2,1-4H3,(H,14,19)(H,16,18). The van der Waals surface area contributed by atoms with E-state index in [1.165, 1.54) is 0 Å². The summed E-state index contributed by atoms with van der Waals surface area (Å²) in [5, 5.41) is 9.28. The van der Waals surface area contributed by atoms with Crippen LogP contribution >= 0.6 is 0 Å². The number of aromatic nitrogens is 2. The number of amides is 2. The zero-order valence-corrected chi connectivity index (χ0v) is 12.4. The van der Waals surface area contributed by atoms with E-state index in [0.717, 1.165) is 0 Å². The number of anilines is 1. The summed E-state index contributed by atoms with van der Waals surface area (Å²) in [6.45, 7) is 5.80. The molecule has 0 saturated heterocycles. The molecule has 20 heavy (non-hydrogen) atoms. The lowest BCUT2D eigenvalue weighted by Crippen LogP contribution is -2.33. The van der Waals surface area contributed by atoms with Crippen LogP contribution in [0, 0.1) is 0 Å². The number of alkyl carbamates (subject to hydrolysis) is 1. The number of nitrogens with one attached hydrogen (secondary N) is 2. The van der Waals surface area contributed by atoms with Gasteiger partial charge in [-0.15, -0.1) is 0 Å². The second kappa shape index (κ2) is 6.93. The van der Waals surface area contributed by atoms with Gasteiger partial charge in [0.15, 0.2) is 0 Å². The molecule has 1 aromatic heterocycles. The molecule has 7 nitrogen and oxygen atoms in total. The van der Waals surface area contributed by atoms with Crippen LogP contribution in [0.25, 0.3) is 0 Å². The summed E-state index contributed by atoms with van der Waals surface area (Å²) in [5.41, 5.74) is 0.152. The number of aryl methyl sites for hydroxylation is 1. The fraction of sp³-hybridized carbons (Fsp3) is 0.615. The molecule has 0 atom stereocenters. The third-order valence-electron chi connectivity index (χ3n) is 2.24. The Balaban J connectivity index is 2.15. The summed E-state index contributed by atoms with van der Waals surface area (Å²) in [7, 11) is 1.78. The Morgan fingerprint density at radius 3 is 2.65 bits per heavy atom. The monoisotopic (exact) mass is 282 g/mol. The zero-order chi connectivity index (χ0) is 15.2. The van der Waals surface area contributed by atoms with Gasteiger partial charge in [-0.05, 0) is 27.2 Å². The van der Waals surface area contributed by atoms with Crippen LogP contribution in [0.1, 0.15) is 33.6 Å². The molecule has 1 rings (SSSR count). The fourth-order valence-corrected chi connectivity index (χ4v) is 1.46. The van der Waals surface area contributed by atoms with E-state index in [-0.39, 0.29) is 5.91 Å². The topological polar surface area (TPSA) is 85.2 Å². The van der Waals surface area contributed by atoms with Gasteiger partial charge in [-0.2, -0.15) is 5.10 Å². The first-order valence-electron chi connectivity index (χ1n) is 6.51. The maximum Gasteiger partial charge on any atom is 0.407 e. The van der Waals surface area contributed by atoms with Crippen LogP contribution in [0.2, 0.25) is 0 Å². The van der Waals surface area contributed by atoms with Crippen molar-refractivity contribution < 1.29 is 14.3 Å². The third kappa shape index (κ3) is 6.77. The van der Waals surface area contributed by atoms with Gasteiger partial charge in [0.1, 0.15) is 5.60 Å². The zero-order valence-electron chi connectivity index (χ0n) is 12.4. The molecule has 2 N–H and O–H groups in total. The largest absolute Gasteiger partial charge is 0.444 e. The molecule has 0 unspecified atom stereocenters. The van der Waals surface area contributed by atoms with Crippen molar-refractivity contribution in [3.63, 3.8) is 0 Å². The lowest BCUT2D eigenvalue weighted by Gasteiger charge is -2.19. The molecule has 0 spiro atoms. The van der Waals surface area contributed by atoms with Crippen molar-refractivity contribution in [2.24, 2.45) is 7.05 Å². The Hall–Kier alpha value is -2.05. The fourth-order valence-electron chi connectivity index (χ4n) is 1.46. The molecule has 7 heteroatoms. The number of hydrogen-bond donors (Lipinski definition) is 2. The van der Waals surface area contributed by atoms with Crippen LogP contribution in [-0.4, -0.2) is 33.9 Å². The Kier molecular flexibility index (Phi) is 5.54. The van der Waals surface area contributed by atoms with E-state index >= 15 is 0 Å². The van der Waals surface area contributed by atoms with Gasteiger partial charge in [0.2, 0.25) is 5.91 Å². The predicted octanol–water partition coefficient (Wildman–Crippen LogP) is 1.66. The minimum Gasteiger partial charge on any atom is -0.444 e. The summed E-state index contributed by atoms with van der Waals surface area (Å²) in [4.78, 5) is 23.0. The number of ether oxygens (including phenoxy) is 1. The van der Waals surface area contributed by atoms with Gasteiger partial charge in [-0.25, -0.2) is 4.79 Å². The number of nitrogens with zero attached hydrogens (tertiary/aromatic N) is 2. The van der Waals surface area contributed by atoms with E-state index in [1.54, 1.807) is 44.9 Å². The minimum atomic E-state index is -0.512. The van der Waals surface area contributed by atoms with Gasteiger partial charge in [0.25, 0.3) is 0 Å². The lowest BCUT2D eigenvalue weighted by molar-refractivity contribution is -0.116. The number of carbonyl (C=O) groups is 2. The molecule has 0 aromatic carbocycles. The Bertz CT molecular complexity index is 462. The summed E-state index contributed by atoms with van der Waals surface area (Å²) in [5.74, 6) is -0.107. The smallest absolute Gasteiger partial charge is 0.407 e. The van der Waals surface area contributed by atoms with Gasteiger partial charge in [-0.1, -0.05) is 0 Å². The minimum absolute atomic E-state index is 0.107. The van der Waals surface area contributed by atoms with E-state index in [1.807, 2.05) is 0 Å². The Labute approximate surface area is 118 Å². The number of hydrogen-bond acceptors (Lipinski definition) is 4. The quantitative estimate of drug-likeness (QED) is 0.804. The van der Waals surface area contributed by atoms with Gasteiger partial charge in [0.05, 0.1) is 11.9 Å². The molecule has 0 aliphatic rings. The normalized spacial score (nSPS) is 11.0. The molecule has 2 amide bonds. The average Bonchev–Trinajstić information content (AvgIpc) is 2.68. The summed E-state index contributed by atoms with van der Waals surface area (Å²) in [6, 6.07) is 0. The number of carbonyl (C=O) groups excluding carboxylic acids is 2. The maximum absolute atomic E-state index is 11.6. The van der Waals surface area contributed by atoms with E-state index in [0.29, 0.717) is 25.1 Å². The lowest BCUT2D eigenvalue weighted by atomic mass is 10.2. The van der Waals surface area contributed by atoms with Crippen molar-refractivity contribution in [2.45, 2.75) is 39.2 Å². The van der Waals surface area contributed by atoms with Gasteiger partial charge >= 0.3 is 6.09 Å². The molecule has 0 aliphatic carbocycles.